The Kier molecular flexibility index (Phi) is 4.72. The minimum Gasteiger partial charge on any atom is -0.370 e. The van der Waals surface area contributed by atoms with Gasteiger partial charge in [0.25, 0.3) is 0 Å². The van der Waals surface area contributed by atoms with E-state index in [1.165, 1.54) is 32.5 Å². The lowest BCUT2D eigenvalue weighted by molar-refractivity contribution is 0.337. The van der Waals surface area contributed by atoms with E-state index in [9.17, 15) is 0 Å². The van der Waals surface area contributed by atoms with Gasteiger partial charge in [0.05, 0.1) is 0 Å². The van der Waals surface area contributed by atoms with Crippen LogP contribution in [-0.4, -0.2) is 41.0 Å². The van der Waals surface area contributed by atoms with Crippen molar-refractivity contribution in [1.82, 2.24) is 14.9 Å². The maximum absolute atomic E-state index is 5.32. The van der Waals surface area contributed by atoms with E-state index in [1.54, 1.807) is 0 Å². The Hall–Kier alpha value is -1.40. The maximum atomic E-state index is 5.32. The molecule has 1 saturated heterocycles. The zero-order chi connectivity index (χ0) is 12.8. The summed E-state index contributed by atoms with van der Waals surface area (Å²) < 4.78 is 0. The summed E-state index contributed by atoms with van der Waals surface area (Å²) in [6, 6.07) is 1.93. The Morgan fingerprint density at radius 3 is 2.83 bits per heavy atom. The molecule has 0 amide bonds. The highest BCUT2D eigenvalue weighted by Crippen LogP contribution is 2.10. The van der Waals surface area contributed by atoms with Gasteiger partial charge in [-0.15, -0.1) is 0 Å². The maximum Gasteiger partial charge on any atom is 0.239 e. The van der Waals surface area contributed by atoms with Gasteiger partial charge in [-0.1, -0.05) is 0 Å². The third-order valence-electron chi connectivity index (χ3n) is 3.14. The van der Waals surface area contributed by atoms with Crippen molar-refractivity contribution in [3.8, 4) is 0 Å². The van der Waals surface area contributed by atoms with Crippen LogP contribution >= 0.6 is 0 Å². The Labute approximate surface area is 108 Å². The molecule has 1 fully saturated rings. The van der Waals surface area contributed by atoms with Crippen LogP contribution in [0.3, 0.4) is 0 Å². The smallest absolute Gasteiger partial charge is 0.239 e. The molecular weight excluding hydrogens is 228 g/mol. The van der Waals surface area contributed by atoms with E-state index in [-0.39, 0.29) is 0 Å². The van der Waals surface area contributed by atoms with Gasteiger partial charge < -0.3 is 10.2 Å². The lowest BCUT2D eigenvalue weighted by Gasteiger charge is -2.14. The van der Waals surface area contributed by atoms with Gasteiger partial charge in [0.2, 0.25) is 5.95 Å². The highest BCUT2D eigenvalue weighted by Gasteiger charge is 2.10. The molecule has 0 atom stereocenters. The number of anilines is 2. The molecule has 0 aliphatic carbocycles. The number of aromatic nitrogens is 2. The van der Waals surface area contributed by atoms with Crippen molar-refractivity contribution in [2.45, 2.75) is 26.2 Å². The topological polar surface area (TPSA) is 79.1 Å². The number of nitrogens with two attached hydrogens (primary N) is 1. The van der Waals surface area contributed by atoms with Crippen LogP contribution in [0.4, 0.5) is 11.8 Å². The first-order valence-electron chi connectivity index (χ1n) is 6.56. The molecule has 2 rings (SSSR count). The van der Waals surface area contributed by atoms with Crippen LogP contribution in [0.25, 0.3) is 0 Å². The van der Waals surface area contributed by atoms with Crippen molar-refractivity contribution in [3.63, 3.8) is 0 Å². The highest BCUT2D eigenvalue weighted by atomic mass is 15.3. The third-order valence-corrected chi connectivity index (χ3v) is 3.14. The van der Waals surface area contributed by atoms with Crippen molar-refractivity contribution in [3.05, 3.63) is 11.8 Å². The summed E-state index contributed by atoms with van der Waals surface area (Å²) in [7, 11) is 0. The number of nitrogens with one attached hydrogen (secondary N) is 2. The molecule has 6 heteroatoms. The summed E-state index contributed by atoms with van der Waals surface area (Å²) in [5, 5.41) is 3.31. The molecule has 1 aliphatic rings. The molecule has 6 nitrogen and oxygen atoms in total. The van der Waals surface area contributed by atoms with Crippen LogP contribution in [0.5, 0.6) is 0 Å². The summed E-state index contributed by atoms with van der Waals surface area (Å²) in [5.41, 5.74) is 3.38. The number of rotatable bonds is 6. The zero-order valence-electron chi connectivity index (χ0n) is 10.9. The number of nitrogens with zero attached hydrogens (tertiary/aromatic N) is 3. The number of hydrogen-bond donors (Lipinski definition) is 3. The number of hydrazine groups is 1. The average molecular weight is 250 g/mol. The van der Waals surface area contributed by atoms with Crippen LogP contribution in [0, 0.1) is 6.92 Å². The average Bonchev–Trinajstić information content (AvgIpc) is 2.87. The largest absolute Gasteiger partial charge is 0.370 e. The normalized spacial score (nSPS) is 15.9. The first-order chi connectivity index (χ1) is 8.78. The predicted octanol–water partition coefficient (Wildman–Crippen LogP) is 0.968. The zero-order valence-corrected chi connectivity index (χ0v) is 10.9. The number of likely N-dealkylation sites (tertiary alicyclic amines) is 1. The lowest BCUT2D eigenvalue weighted by atomic mass is 10.3. The number of nitrogen functional groups attached to an aromatic ring is 1. The summed E-state index contributed by atoms with van der Waals surface area (Å²) >= 11 is 0. The summed E-state index contributed by atoms with van der Waals surface area (Å²) in [5.74, 6) is 6.60. The molecule has 1 aliphatic heterocycles. The van der Waals surface area contributed by atoms with Gasteiger partial charge >= 0.3 is 0 Å². The SMILES string of the molecule is Cc1cc(NCCCN2CCCC2)nc(NN)n1. The van der Waals surface area contributed by atoms with Crippen molar-refractivity contribution in [2.75, 3.05) is 36.9 Å². The molecule has 0 radical (unpaired) electrons. The van der Waals surface area contributed by atoms with E-state index in [0.717, 1.165) is 24.5 Å². The first-order valence-corrected chi connectivity index (χ1v) is 6.56. The van der Waals surface area contributed by atoms with E-state index >= 15 is 0 Å². The molecule has 2 heterocycles. The van der Waals surface area contributed by atoms with Gasteiger partial charge in [-0.3, -0.25) is 5.43 Å². The Balaban J connectivity index is 1.73. The Bertz CT molecular complexity index is 375. The highest BCUT2D eigenvalue weighted by molar-refractivity contribution is 5.41. The van der Waals surface area contributed by atoms with Gasteiger partial charge in [0, 0.05) is 18.3 Å². The van der Waals surface area contributed by atoms with Crippen molar-refractivity contribution < 1.29 is 0 Å². The fourth-order valence-corrected chi connectivity index (χ4v) is 2.25. The van der Waals surface area contributed by atoms with E-state index < -0.39 is 0 Å². The Morgan fingerprint density at radius 2 is 2.11 bits per heavy atom. The number of hydrogen-bond acceptors (Lipinski definition) is 6. The van der Waals surface area contributed by atoms with Gasteiger partial charge in [-0.2, -0.15) is 4.98 Å². The quantitative estimate of drug-likeness (QED) is 0.396. The fourth-order valence-electron chi connectivity index (χ4n) is 2.25. The Morgan fingerprint density at radius 1 is 1.33 bits per heavy atom. The van der Waals surface area contributed by atoms with Crippen LogP contribution in [0.15, 0.2) is 6.07 Å². The van der Waals surface area contributed by atoms with Gasteiger partial charge in [-0.25, -0.2) is 10.8 Å². The van der Waals surface area contributed by atoms with Crippen LogP contribution in [0.1, 0.15) is 25.0 Å². The minimum absolute atomic E-state index is 0.456. The van der Waals surface area contributed by atoms with E-state index in [4.69, 9.17) is 5.84 Å². The summed E-state index contributed by atoms with van der Waals surface area (Å²) in [4.78, 5) is 10.9. The van der Waals surface area contributed by atoms with E-state index in [1.807, 2.05) is 13.0 Å². The van der Waals surface area contributed by atoms with E-state index in [2.05, 4.69) is 25.6 Å². The monoisotopic (exact) mass is 250 g/mol. The second kappa shape index (κ2) is 6.51. The van der Waals surface area contributed by atoms with Gasteiger partial charge in [0.1, 0.15) is 5.82 Å². The second-order valence-electron chi connectivity index (χ2n) is 4.69. The molecule has 1 aromatic heterocycles. The molecule has 0 saturated carbocycles. The molecule has 0 aromatic carbocycles. The first kappa shape index (κ1) is 13.0. The van der Waals surface area contributed by atoms with Crippen molar-refractivity contribution >= 4 is 11.8 Å². The van der Waals surface area contributed by atoms with Crippen LogP contribution in [0.2, 0.25) is 0 Å². The van der Waals surface area contributed by atoms with Crippen molar-refractivity contribution in [2.24, 2.45) is 5.84 Å². The van der Waals surface area contributed by atoms with Crippen molar-refractivity contribution in [1.29, 1.82) is 0 Å². The fraction of sp³-hybridized carbons (Fsp3) is 0.667. The minimum atomic E-state index is 0.456. The predicted molar refractivity (Wildman–Crippen MR) is 73.4 cm³/mol. The number of aryl methyl sites for hydroxylation is 1. The van der Waals surface area contributed by atoms with Crippen LogP contribution in [-0.2, 0) is 0 Å². The molecule has 0 bridgehead atoms. The standard InChI is InChI=1S/C12H22N6/c1-10-9-11(16-12(15-10)17-13)14-5-4-8-18-6-2-3-7-18/h9H,2-8,13H2,1H3,(H2,14,15,16,17). The molecule has 100 valence electrons. The van der Waals surface area contributed by atoms with Gasteiger partial charge in [-0.05, 0) is 45.8 Å². The van der Waals surface area contributed by atoms with Gasteiger partial charge in [0.15, 0.2) is 0 Å². The molecular formula is C12H22N6. The second-order valence-corrected chi connectivity index (χ2v) is 4.69. The lowest BCUT2D eigenvalue weighted by Crippen LogP contribution is -2.22. The molecule has 18 heavy (non-hydrogen) atoms. The summed E-state index contributed by atoms with van der Waals surface area (Å²) in [6.45, 7) is 6.54. The van der Waals surface area contributed by atoms with E-state index in [0.29, 0.717) is 5.95 Å². The molecule has 1 aromatic rings. The molecule has 0 unspecified atom stereocenters. The summed E-state index contributed by atoms with van der Waals surface area (Å²) in [6.07, 6.45) is 3.84. The third kappa shape index (κ3) is 3.82. The molecule has 0 spiro atoms. The van der Waals surface area contributed by atoms with Crippen LogP contribution < -0.4 is 16.6 Å². The molecule has 4 N–H and O–H groups in total.